The van der Waals surface area contributed by atoms with E-state index in [1.165, 1.54) is 29.6 Å². The summed E-state index contributed by atoms with van der Waals surface area (Å²) in [5.74, 6) is 0.467. The van der Waals surface area contributed by atoms with Crippen LogP contribution >= 0.6 is 11.3 Å². The number of halogens is 1. The van der Waals surface area contributed by atoms with Gasteiger partial charge in [0.2, 0.25) is 0 Å². The second-order valence-electron chi connectivity index (χ2n) is 3.03. The first kappa shape index (κ1) is 7.25. The zero-order chi connectivity index (χ0) is 7.84. The molecule has 0 spiro atoms. The van der Waals surface area contributed by atoms with Crippen LogP contribution in [-0.4, -0.2) is 0 Å². The minimum absolute atomic E-state index is 0.0875. The van der Waals surface area contributed by atoms with Crippen molar-refractivity contribution in [2.75, 3.05) is 0 Å². The average Bonchev–Trinajstić information content (AvgIpc) is 2.74. The van der Waals surface area contributed by atoms with Crippen molar-refractivity contribution in [3.05, 3.63) is 22.1 Å². The van der Waals surface area contributed by atoms with Gasteiger partial charge in [-0.05, 0) is 24.8 Å². The van der Waals surface area contributed by atoms with E-state index in [1.807, 2.05) is 0 Å². The van der Waals surface area contributed by atoms with Crippen LogP contribution in [0.3, 0.4) is 0 Å². The molecule has 0 aliphatic heterocycles. The molecule has 0 amide bonds. The average molecular weight is 171 g/mol. The molecule has 1 aromatic rings. The maximum atomic E-state index is 12.5. The maximum Gasteiger partial charge on any atom is 0.134 e. The molecule has 1 atom stereocenters. The standard InChI is InChI=1S/C8H10FNS/c9-6-3-7(11-4-6)8(10)5-1-2-5/h3-5,8H,1-2,10H2/t8-/m0/s1. The SMILES string of the molecule is N[C@H](c1cc(F)cs1)C1CC1. The lowest BCUT2D eigenvalue weighted by Crippen LogP contribution is -2.10. The van der Waals surface area contributed by atoms with Crippen molar-refractivity contribution < 1.29 is 4.39 Å². The molecule has 0 unspecified atom stereocenters. The Labute approximate surface area is 69.0 Å². The van der Waals surface area contributed by atoms with Crippen molar-refractivity contribution in [2.24, 2.45) is 11.7 Å². The van der Waals surface area contributed by atoms with E-state index in [-0.39, 0.29) is 11.9 Å². The molecule has 1 aliphatic rings. The van der Waals surface area contributed by atoms with Crippen molar-refractivity contribution in [3.63, 3.8) is 0 Å². The molecule has 0 aromatic carbocycles. The van der Waals surface area contributed by atoms with E-state index in [0.717, 1.165) is 4.88 Å². The van der Waals surface area contributed by atoms with Gasteiger partial charge < -0.3 is 5.73 Å². The highest BCUT2D eigenvalue weighted by Crippen LogP contribution is 2.40. The smallest absolute Gasteiger partial charge is 0.134 e. The minimum Gasteiger partial charge on any atom is -0.323 e. The van der Waals surface area contributed by atoms with Crippen molar-refractivity contribution >= 4 is 11.3 Å². The summed E-state index contributed by atoms with van der Waals surface area (Å²) in [6.45, 7) is 0. The molecular formula is C8H10FNS. The Morgan fingerprint density at radius 1 is 1.64 bits per heavy atom. The number of hydrogen-bond acceptors (Lipinski definition) is 2. The second-order valence-corrected chi connectivity index (χ2v) is 3.97. The topological polar surface area (TPSA) is 26.0 Å². The van der Waals surface area contributed by atoms with Crippen LogP contribution in [-0.2, 0) is 0 Å². The van der Waals surface area contributed by atoms with Crippen LogP contribution in [0.5, 0.6) is 0 Å². The van der Waals surface area contributed by atoms with Crippen molar-refractivity contribution in [1.29, 1.82) is 0 Å². The van der Waals surface area contributed by atoms with Crippen LogP contribution in [0.2, 0.25) is 0 Å². The molecule has 1 heterocycles. The lowest BCUT2D eigenvalue weighted by atomic mass is 10.2. The van der Waals surface area contributed by atoms with Gasteiger partial charge in [-0.1, -0.05) is 0 Å². The van der Waals surface area contributed by atoms with Crippen molar-refractivity contribution in [1.82, 2.24) is 0 Å². The van der Waals surface area contributed by atoms with Crippen LogP contribution in [0, 0.1) is 11.7 Å². The van der Waals surface area contributed by atoms with Crippen LogP contribution in [0.4, 0.5) is 4.39 Å². The van der Waals surface area contributed by atoms with Crippen LogP contribution in [0.25, 0.3) is 0 Å². The summed E-state index contributed by atoms with van der Waals surface area (Å²) in [6, 6.07) is 1.64. The largest absolute Gasteiger partial charge is 0.323 e. The van der Waals surface area contributed by atoms with E-state index in [1.54, 1.807) is 6.07 Å². The van der Waals surface area contributed by atoms with Gasteiger partial charge >= 0.3 is 0 Å². The lowest BCUT2D eigenvalue weighted by Gasteiger charge is -2.05. The molecule has 0 saturated heterocycles. The minimum atomic E-state index is -0.152. The van der Waals surface area contributed by atoms with Gasteiger partial charge in [-0.25, -0.2) is 4.39 Å². The van der Waals surface area contributed by atoms with Gasteiger partial charge in [0.15, 0.2) is 0 Å². The highest BCUT2D eigenvalue weighted by molar-refractivity contribution is 7.10. The Balaban J connectivity index is 2.14. The third kappa shape index (κ3) is 1.44. The lowest BCUT2D eigenvalue weighted by molar-refractivity contribution is 0.617. The zero-order valence-corrected chi connectivity index (χ0v) is 6.90. The summed E-state index contributed by atoms with van der Waals surface area (Å²) in [6.07, 6.45) is 2.42. The fourth-order valence-electron chi connectivity index (χ4n) is 1.19. The molecule has 1 saturated carbocycles. The number of nitrogens with two attached hydrogens (primary N) is 1. The van der Waals surface area contributed by atoms with E-state index in [9.17, 15) is 4.39 Å². The van der Waals surface area contributed by atoms with Gasteiger partial charge in [0.25, 0.3) is 0 Å². The summed E-state index contributed by atoms with van der Waals surface area (Å²) in [5.41, 5.74) is 5.86. The summed E-state index contributed by atoms with van der Waals surface area (Å²) >= 11 is 1.43. The normalized spacial score (nSPS) is 20.2. The molecule has 2 N–H and O–H groups in total. The van der Waals surface area contributed by atoms with Gasteiger partial charge in [-0.15, -0.1) is 11.3 Å². The first-order chi connectivity index (χ1) is 5.27. The van der Waals surface area contributed by atoms with Crippen molar-refractivity contribution in [3.8, 4) is 0 Å². The summed E-state index contributed by atoms with van der Waals surface area (Å²) in [7, 11) is 0. The van der Waals surface area contributed by atoms with Gasteiger partial charge in [0.1, 0.15) is 5.82 Å². The predicted molar refractivity (Wildman–Crippen MR) is 43.9 cm³/mol. The van der Waals surface area contributed by atoms with Crippen molar-refractivity contribution in [2.45, 2.75) is 18.9 Å². The molecule has 2 rings (SSSR count). The molecule has 1 aliphatic carbocycles. The fourth-order valence-corrected chi connectivity index (χ4v) is 2.04. The first-order valence-electron chi connectivity index (χ1n) is 3.77. The Bertz CT molecular complexity index is 254. The van der Waals surface area contributed by atoms with Crippen LogP contribution in [0.1, 0.15) is 23.8 Å². The predicted octanol–water partition coefficient (Wildman–Crippen LogP) is 2.30. The molecular weight excluding hydrogens is 161 g/mol. The number of hydrogen-bond donors (Lipinski definition) is 1. The molecule has 60 valence electrons. The van der Waals surface area contributed by atoms with E-state index in [4.69, 9.17) is 5.73 Å². The van der Waals surface area contributed by atoms with Crippen LogP contribution < -0.4 is 5.73 Å². The highest BCUT2D eigenvalue weighted by atomic mass is 32.1. The van der Waals surface area contributed by atoms with E-state index in [0.29, 0.717) is 5.92 Å². The van der Waals surface area contributed by atoms with E-state index < -0.39 is 0 Å². The second kappa shape index (κ2) is 2.57. The third-order valence-electron chi connectivity index (χ3n) is 2.05. The Morgan fingerprint density at radius 2 is 2.36 bits per heavy atom. The molecule has 0 bridgehead atoms. The number of thiophene rings is 1. The van der Waals surface area contributed by atoms with Gasteiger partial charge in [-0.3, -0.25) is 0 Å². The molecule has 1 aromatic heterocycles. The highest BCUT2D eigenvalue weighted by Gasteiger charge is 2.30. The van der Waals surface area contributed by atoms with Crippen LogP contribution in [0.15, 0.2) is 11.4 Å². The fraction of sp³-hybridized carbons (Fsp3) is 0.500. The molecule has 1 fully saturated rings. The Kier molecular flexibility index (Phi) is 1.69. The zero-order valence-electron chi connectivity index (χ0n) is 6.09. The van der Waals surface area contributed by atoms with Gasteiger partial charge in [-0.2, -0.15) is 0 Å². The molecule has 1 nitrogen and oxygen atoms in total. The van der Waals surface area contributed by atoms with E-state index in [2.05, 4.69) is 0 Å². The Morgan fingerprint density at radius 3 is 2.82 bits per heavy atom. The van der Waals surface area contributed by atoms with Gasteiger partial charge in [0, 0.05) is 16.3 Å². The monoisotopic (exact) mass is 171 g/mol. The molecule has 11 heavy (non-hydrogen) atoms. The van der Waals surface area contributed by atoms with E-state index >= 15 is 0 Å². The number of rotatable bonds is 2. The Hall–Kier alpha value is -0.410. The summed E-state index contributed by atoms with van der Waals surface area (Å²) in [5, 5.41) is 1.51. The quantitative estimate of drug-likeness (QED) is 0.726. The molecule has 3 heteroatoms. The maximum absolute atomic E-state index is 12.5. The summed E-state index contributed by atoms with van der Waals surface area (Å²) < 4.78 is 12.5. The third-order valence-corrected chi connectivity index (χ3v) is 3.05. The van der Waals surface area contributed by atoms with Gasteiger partial charge in [0.05, 0.1) is 0 Å². The molecule has 0 radical (unpaired) electrons. The summed E-state index contributed by atoms with van der Waals surface area (Å²) in [4.78, 5) is 0.991. The first-order valence-corrected chi connectivity index (χ1v) is 4.65.